The second kappa shape index (κ2) is 6.72. The Kier molecular flexibility index (Phi) is 5.88. The maximum atomic E-state index is 5.71. The summed E-state index contributed by atoms with van der Waals surface area (Å²) >= 11 is 4.30. The molecule has 1 aliphatic rings. The zero-order chi connectivity index (χ0) is 9.52. The molecule has 0 saturated heterocycles. The average molecular weight is 202 g/mol. The number of thiol groups is 1. The predicted octanol–water partition coefficient (Wildman–Crippen LogP) is 3.15. The summed E-state index contributed by atoms with van der Waals surface area (Å²) in [4.78, 5) is 0. The van der Waals surface area contributed by atoms with E-state index < -0.39 is 0 Å². The molecular formula is C11H22OS. The number of ether oxygens (including phenoxy) is 1. The Hall–Kier alpha value is 0.310. The van der Waals surface area contributed by atoms with Gasteiger partial charge in [-0.05, 0) is 30.4 Å². The van der Waals surface area contributed by atoms with Crippen molar-refractivity contribution >= 4 is 12.6 Å². The second-order valence-corrected chi connectivity index (χ2v) is 4.51. The largest absolute Gasteiger partial charge is 0.381 e. The van der Waals surface area contributed by atoms with Crippen molar-refractivity contribution in [3.63, 3.8) is 0 Å². The van der Waals surface area contributed by atoms with E-state index in [4.69, 9.17) is 4.74 Å². The van der Waals surface area contributed by atoms with Crippen LogP contribution >= 0.6 is 12.6 Å². The molecule has 0 aromatic rings. The van der Waals surface area contributed by atoms with Gasteiger partial charge >= 0.3 is 0 Å². The Bertz CT molecular complexity index is 115. The highest BCUT2D eigenvalue weighted by molar-refractivity contribution is 7.80. The summed E-state index contributed by atoms with van der Waals surface area (Å²) in [6, 6.07) is 0. The van der Waals surface area contributed by atoms with Gasteiger partial charge in [0.25, 0.3) is 0 Å². The van der Waals surface area contributed by atoms with Gasteiger partial charge in [-0.3, -0.25) is 0 Å². The molecule has 1 nitrogen and oxygen atoms in total. The van der Waals surface area contributed by atoms with E-state index in [9.17, 15) is 0 Å². The number of hydrogen-bond acceptors (Lipinski definition) is 2. The molecule has 2 heteroatoms. The van der Waals surface area contributed by atoms with Gasteiger partial charge in [-0.1, -0.05) is 26.2 Å². The van der Waals surface area contributed by atoms with E-state index >= 15 is 0 Å². The first-order chi connectivity index (χ1) is 6.36. The molecule has 0 radical (unpaired) electrons. The molecule has 0 amide bonds. The number of hydrogen-bond donors (Lipinski definition) is 1. The monoisotopic (exact) mass is 202 g/mol. The van der Waals surface area contributed by atoms with Crippen LogP contribution in [0.2, 0.25) is 0 Å². The van der Waals surface area contributed by atoms with Crippen LogP contribution in [0.1, 0.15) is 39.0 Å². The molecule has 0 bridgehead atoms. The second-order valence-electron chi connectivity index (χ2n) is 4.14. The van der Waals surface area contributed by atoms with Crippen molar-refractivity contribution in [3.8, 4) is 0 Å². The Labute approximate surface area is 87.7 Å². The van der Waals surface area contributed by atoms with E-state index in [0.29, 0.717) is 5.92 Å². The van der Waals surface area contributed by atoms with Crippen molar-refractivity contribution < 1.29 is 4.74 Å². The lowest BCUT2D eigenvalue weighted by atomic mass is 10.1. The zero-order valence-electron chi connectivity index (χ0n) is 8.67. The standard InChI is InChI=1S/C11H22OS/c1-2-10(9-13)7-12-8-11-5-3-4-6-11/h10-11,13H,2-9H2,1H3. The van der Waals surface area contributed by atoms with Gasteiger partial charge in [-0.15, -0.1) is 0 Å². The van der Waals surface area contributed by atoms with E-state index in [1.54, 1.807) is 0 Å². The smallest absolute Gasteiger partial charge is 0.0502 e. The molecule has 1 fully saturated rings. The molecule has 0 heterocycles. The Morgan fingerprint density at radius 3 is 2.62 bits per heavy atom. The third-order valence-corrected chi connectivity index (χ3v) is 3.53. The van der Waals surface area contributed by atoms with Crippen molar-refractivity contribution in [2.24, 2.45) is 11.8 Å². The molecule has 0 N–H and O–H groups in total. The van der Waals surface area contributed by atoms with Crippen molar-refractivity contribution in [2.45, 2.75) is 39.0 Å². The van der Waals surface area contributed by atoms with Crippen molar-refractivity contribution in [2.75, 3.05) is 19.0 Å². The molecule has 0 spiro atoms. The topological polar surface area (TPSA) is 9.23 Å². The molecule has 0 aromatic heterocycles. The van der Waals surface area contributed by atoms with Gasteiger partial charge in [0.2, 0.25) is 0 Å². The summed E-state index contributed by atoms with van der Waals surface area (Å²) in [5, 5.41) is 0. The third kappa shape index (κ3) is 4.37. The fraction of sp³-hybridized carbons (Fsp3) is 1.00. The number of rotatable bonds is 6. The minimum Gasteiger partial charge on any atom is -0.381 e. The van der Waals surface area contributed by atoms with Crippen LogP contribution in [0.5, 0.6) is 0 Å². The van der Waals surface area contributed by atoms with E-state index in [1.807, 2.05) is 0 Å². The SMILES string of the molecule is CCC(CS)COCC1CCCC1. The van der Waals surface area contributed by atoms with Gasteiger partial charge in [-0.25, -0.2) is 0 Å². The Morgan fingerprint density at radius 2 is 2.08 bits per heavy atom. The van der Waals surface area contributed by atoms with Gasteiger partial charge in [0.15, 0.2) is 0 Å². The molecule has 78 valence electrons. The van der Waals surface area contributed by atoms with Crippen LogP contribution in [0.4, 0.5) is 0 Å². The fourth-order valence-corrected chi connectivity index (χ4v) is 2.24. The first kappa shape index (κ1) is 11.4. The van der Waals surface area contributed by atoms with Crippen LogP contribution in [0.3, 0.4) is 0 Å². The van der Waals surface area contributed by atoms with Crippen molar-refractivity contribution in [1.82, 2.24) is 0 Å². The summed E-state index contributed by atoms with van der Waals surface area (Å²) in [6.45, 7) is 4.11. The molecule has 1 rings (SSSR count). The molecular weight excluding hydrogens is 180 g/mol. The quantitative estimate of drug-likeness (QED) is 0.651. The Balaban J connectivity index is 1.98. The minimum absolute atomic E-state index is 0.657. The maximum absolute atomic E-state index is 5.71. The summed E-state index contributed by atoms with van der Waals surface area (Å²) in [7, 11) is 0. The first-order valence-electron chi connectivity index (χ1n) is 5.55. The van der Waals surface area contributed by atoms with Crippen LogP contribution in [-0.2, 0) is 4.74 Å². The van der Waals surface area contributed by atoms with Gasteiger partial charge in [0.1, 0.15) is 0 Å². The summed E-state index contributed by atoms with van der Waals surface area (Å²) in [6.07, 6.45) is 6.79. The van der Waals surface area contributed by atoms with Crippen LogP contribution in [-0.4, -0.2) is 19.0 Å². The van der Waals surface area contributed by atoms with Gasteiger partial charge in [0.05, 0.1) is 6.61 Å². The van der Waals surface area contributed by atoms with Gasteiger partial charge < -0.3 is 4.74 Å². The van der Waals surface area contributed by atoms with Crippen LogP contribution < -0.4 is 0 Å². The molecule has 1 unspecified atom stereocenters. The fourth-order valence-electron chi connectivity index (χ4n) is 1.88. The molecule has 0 aliphatic heterocycles. The van der Waals surface area contributed by atoms with Crippen LogP contribution in [0, 0.1) is 11.8 Å². The van der Waals surface area contributed by atoms with E-state index in [-0.39, 0.29) is 0 Å². The highest BCUT2D eigenvalue weighted by atomic mass is 32.1. The highest BCUT2D eigenvalue weighted by Crippen LogP contribution is 2.24. The molecule has 1 atom stereocenters. The molecule has 0 aromatic carbocycles. The normalized spacial score (nSPS) is 20.8. The maximum Gasteiger partial charge on any atom is 0.0502 e. The van der Waals surface area contributed by atoms with E-state index in [2.05, 4.69) is 19.6 Å². The molecule has 1 aliphatic carbocycles. The van der Waals surface area contributed by atoms with E-state index in [0.717, 1.165) is 24.9 Å². The van der Waals surface area contributed by atoms with Crippen molar-refractivity contribution in [3.05, 3.63) is 0 Å². The lowest BCUT2D eigenvalue weighted by Gasteiger charge is -2.14. The molecule has 1 saturated carbocycles. The van der Waals surface area contributed by atoms with Gasteiger partial charge in [-0.2, -0.15) is 12.6 Å². The predicted molar refractivity (Wildman–Crippen MR) is 60.4 cm³/mol. The van der Waals surface area contributed by atoms with E-state index in [1.165, 1.54) is 32.1 Å². The summed E-state index contributed by atoms with van der Waals surface area (Å²) < 4.78 is 5.71. The van der Waals surface area contributed by atoms with Crippen molar-refractivity contribution in [1.29, 1.82) is 0 Å². The van der Waals surface area contributed by atoms with Crippen LogP contribution in [0.15, 0.2) is 0 Å². The lowest BCUT2D eigenvalue weighted by molar-refractivity contribution is 0.0773. The minimum atomic E-state index is 0.657. The zero-order valence-corrected chi connectivity index (χ0v) is 9.56. The first-order valence-corrected chi connectivity index (χ1v) is 6.18. The Morgan fingerprint density at radius 1 is 1.38 bits per heavy atom. The average Bonchev–Trinajstić information content (AvgIpc) is 2.65. The summed E-state index contributed by atoms with van der Waals surface area (Å²) in [5.41, 5.74) is 0. The lowest BCUT2D eigenvalue weighted by Crippen LogP contribution is -2.14. The molecule has 13 heavy (non-hydrogen) atoms. The highest BCUT2D eigenvalue weighted by Gasteiger charge is 2.15. The summed E-state index contributed by atoms with van der Waals surface area (Å²) in [5.74, 6) is 2.48. The third-order valence-electron chi connectivity index (χ3n) is 3.02. The van der Waals surface area contributed by atoms with Crippen LogP contribution in [0.25, 0.3) is 0 Å². The van der Waals surface area contributed by atoms with Gasteiger partial charge in [0, 0.05) is 6.61 Å².